The molecular formula is C8H19NOS. The Morgan fingerprint density at radius 2 is 2.18 bits per heavy atom. The smallest absolute Gasteiger partial charge is 0.0431 e. The fraction of sp³-hybridized carbons (Fsp3) is 1.00. The summed E-state index contributed by atoms with van der Waals surface area (Å²) in [5.41, 5.74) is 0. The van der Waals surface area contributed by atoms with Gasteiger partial charge in [0.25, 0.3) is 0 Å². The molecule has 1 atom stereocenters. The van der Waals surface area contributed by atoms with Crippen LogP contribution in [0.25, 0.3) is 0 Å². The number of hydrogen-bond acceptors (Lipinski definition) is 3. The SMILES string of the molecule is CSCC(C)NCCCCO. The van der Waals surface area contributed by atoms with Crippen LogP contribution in [-0.4, -0.2) is 36.3 Å². The number of aliphatic hydroxyl groups is 1. The summed E-state index contributed by atoms with van der Waals surface area (Å²) in [7, 11) is 0. The summed E-state index contributed by atoms with van der Waals surface area (Å²) in [6, 6.07) is 0.601. The Labute approximate surface area is 73.8 Å². The Balaban J connectivity index is 2.97. The van der Waals surface area contributed by atoms with Crippen LogP contribution in [0.2, 0.25) is 0 Å². The van der Waals surface area contributed by atoms with E-state index in [2.05, 4.69) is 18.5 Å². The molecule has 0 bridgehead atoms. The molecule has 0 aromatic heterocycles. The Bertz CT molecular complexity index is 80.5. The molecule has 0 heterocycles. The number of hydrogen-bond donors (Lipinski definition) is 2. The van der Waals surface area contributed by atoms with Gasteiger partial charge in [0, 0.05) is 18.4 Å². The van der Waals surface area contributed by atoms with E-state index in [0.29, 0.717) is 12.6 Å². The maximum atomic E-state index is 8.50. The van der Waals surface area contributed by atoms with Crippen LogP contribution in [-0.2, 0) is 0 Å². The van der Waals surface area contributed by atoms with E-state index in [1.54, 1.807) is 0 Å². The third kappa shape index (κ3) is 8.17. The van der Waals surface area contributed by atoms with Crippen molar-refractivity contribution < 1.29 is 5.11 Å². The lowest BCUT2D eigenvalue weighted by atomic mass is 10.3. The molecule has 0 amide bonds. The van der Waals surface area contributed by atoms with Gasteiger partial charge in [0.1, 0.15) is 0 Å². The van der Waals surface area contributed by atoms with E-state index in [-0.39, 0.29) is 0 Å². The number of aliphatic hydroxyl groups excluding tert-OH is 1. The second kappa shape index (κ2) is 8.37. The molecule has 0 saturated carbocycles. The summed E-state index contributed by atoms with van der Waals surface area (Å²) in [6.07, 6.45) is 4.11. The fourth-order valence-electron chi connectivity index (χ4n) is 0.894. The Morgan fingerprint density at radius 3 is 2.73 bits per heavy atom. The highest BCUT2D eigenvalue weighted by Crippen LogP contribution is 1.96. The van der Waals surface area contributed by atoms with Gasteiger partial charge < -0.3 is 10.4 Å². The standard InChI is InChI=1S/C8H19NOS/c1-8(7-11-2)9-5-3-4-6-10/h8-10H,3-7H2,1-2H3. The lowest BCUT2D eigenvalue weighted by Crippen LogP contribution is -2.29. The molecule has 0 fully saturated rings. The van der Waals surface area contributed by atoms with E-state index in [0.717, 1.165) is 19.4 Å². The van der Waals surface area contributed by atoms with Gasteiger partial charge in [-0.3, -0.25) is 0 Å². The molecule has 2 N–H and O–H groups in total. The van der Waals surface area contributed by atoms with Crippen molar-refractivity contribution >= 4 is 11.8 Å². The highest BCUT2D eigenvalue weighted by Gasteiger charge is 1.97. The van der Waals surface area contributed by atoms with E-state index < -0.39 is 0 Å². The van der Waals surface area contributed by atoms with Crippen molar-refractivity contribution in [1.29, 1.82) is 0 Å². The number of thioether (sulfide) groups is 1. The predicted molar refractivity (Wildman–Crippen MR) is 52.2 cm³/mol. The van der Waals surface area contributed by atoms with Gasteiger partial charge in [-0.1, -0.05) is 0 Å². The zero-order chi connectivity index (χ0) is 8.53. The first-order valence-electron chi connectivity index (χ1n) is 4.14. The molecule has 68 valence electrons. The minimum Gasteiger partial charge on any atom is -0.396 e. The monoisotopic (exact) mass is 177 g/mol. The van der Waals surface area contributed by atoms with Crippen LogP contribution in [0, 0.1) is 0 Å². The zero-order valence-corrected chi connectivity index (χ0v) is 8.28. The van der Waals surface area contributed by atoms with E-state index in [1.807, 2.05) is 11.8 Å². The second-order valence-corrected chi connectivity index (χ2v) is 3.65. The fourth-order valence-corrected chi connectivity index (χ4v) is 1.51. The second-order valence-electron chi connectivity index (χ2n) is 2.74. The van der Waals surface area contributed by atoms with Crippen LogP contribution in [0.4, 0.5) is 0 Å². The van der Waals surface area contributed by atoms with Crippen LogP contribution in [0.1, 0.15) is 19.8 Å². The van der Waals surface area contributed by atoms with Crippen molar-refractivity contribution in [3.05, 3.63) is 0 Å². The van der Waals surface area contributed by atoms with Crippen molar-refractivity contribution in [2.45, 2.75) is 25.8 Å². The van der Waals surface area contributed by atoms with Crippen LogP contribution >= 0.6 is 11.8 Å². The Morgan fingerprint density at radius 1 is 1.45 bits per heavy atom. The Kier molecular flexibility index (Phi) is 8.57. The van der Waals surface area contributed by atoms with Crippen molar-refractivity contribution in [3.8, 4) is 0 Å². The largest absolute Gasteiger partial charge is 0.396 e. The van der Waals surface area contributed by atoms with Crippen LogP contribution < -0.4 is 5.32 Å². The van der Waals surface area contributed by atoms with Crippen LogP contribution in [0.15, 0.2) is 0 Å². The van der Waals surface area contributed by atoms with E-state index in [9.17, 15) is 0 Å². The number of unbranched alkanes of at least 4 members (excludes halogenated alkanes) is 1. The average molecular weight is 177 g/mol. The number of nitrogens with one attached hydrogen (secondary N) is 1. The molecule has 1 unspecified atom stereocenters. The minimum atomic E-state index is 0.318. The molecule has 0 aliphatic rings. The van der Waals surface area contributed by atoms with Gasteiger partial charge >= 0.3 is 0 Å². The molecule has 0 spiro atoms. The maximum absolute atomic E-state index is 8.50. The third-order valence-corrected chi connectivity index (χ3v) is 2.33. The van der Waals surface area contributed by atoms with Gasteiger partial charge in [-0.15, -0.1) is 0 Å². The van der Waals surface area contributed by atoms with Crippen LogP contribution in [0.3, 0.4) is 0 Å². The van der Waals surface area contributed by atoms with Gasteiger partial charge in [-0.25, -0.2) is 0 Å². The first-order valence-corrected chi connectivity index (χ1v) is 5.53. The first-order chi connectivity index (χ1) is 5.31. The normalized spacial score (nSPS) is 13.4. The lowest BCUT2D eigenvalue weighted by Gasteiger charge is -2.11. The van der Waals surface area contributed by atoms with Crippen molar-refractivity contribution in [1.82, 2.24) is 5.32 Å². The van der Waals surface area contributed by atoms with Crippen molar-refractivity contribution in [2.75, 3.05) is 25.2 Å². The van der Waals surface area contributed by atoms with Crippen molar-refractivity contribution in [2.24, 2.45) is 0 Å². The number of rotatable bonds is 7. The quantitative estimate of drug-likeness (QED) is 0.571. The minimum absolute atomic E-state index is 0.318. The average Bonchev–Trinajstić information content (AvgIpc) is 1.99. The molecule has 0 saturated heterocycles. The van der Waals surface area contributed by atoms with E-state index in [1.165, 1.54) is 5.75 Å². The maximum Gasteiger partial charge on any atom is 0.0431 e. The molecule has 3 heteroatoms. The molecule has 0 aliphatic heterocycles. The third-order valence-electron chi connectivity index (χ3n) is 1.49. The summed E-state index contributed by atoms with van der Waals surface area (Å²) in [5.74, 6) is 1.17. The topological polar surface area (TPSA) is 32.3 Å². The molecule has 0 aromatic rings. The molecule has 0 aliphatic carbocycles. The lowest BCUT2D eigenvalue weighted by molar-refractivity contribution is 0.283. The molecule has 0 rings (SSSR count). The summed E-state index contributed by atoms with van der Waals surface area (Å²) < 4.78 is 0. The molecular weight excluding hydrogens is 158 g/mol. The predicted octanol–water partition coefficient (Wildman–Crippen LogP) is 1.10. The summed E-state index contributed by atoms with van der Waals surface area (Å²) >= 11 is 1.86. The highest BCUT2D eigenvalue weighted by molar-refractivity contribution is 7.98. The molecule has 0 aromatic carbocycles. The van der Waals surface area contributed by atoms with Crippen LogP contribution in [0.5, 0.6) is 0 Å². The zero-order valence-electron chi connectivity index (χ0n) is 7.47. The first kappa shape index (κ1) is 11.3. The summed E-state index contributed by atoms with van der Waals surface area (Å²) in [5, 5.41) is 11.9. The van der Waals surface area contributed by atoms with Crippen molar-refractivity contribution in [3.63, 3.8) is 0 Å². The van der Waals surface area contributed by atoms with Gasteiger partial charge in [-0.05, 0) is 32.6 Å². The molecule has 0 radical (unpaired) electrons. The van der Waals surface area contributed by atoms with E-state index in [4.69, 9.17) is 5.11 Å². The van der Waals surface area contributed by atoms with E-state index >= 15 is 0 Å². The van der Waals surface area contributed by atoms with Gasteiger partial charge in [-0.2, -0.15) is 11.8 Å². The molecule has 11 heavy (non-hydrogen) atoms. The summed E-state index contributed by atoms with van der Waals surface area (Å²) in [6.45, 7) is 3.54. The van der Waals surface area contributed by atoms with Gasteiger partial charge in [0.2, 0.25) is 0 Å². The summed E-state index contributed by atoms with van der Waals surface area (Å²) in [4.78, 5) is 0. The highest BCUT2D eigenvalue weighted by atomic mass is 32.2. The Hall–Kier alpha value is 0.270. The van der Waals surface area contributed by atoms with Gasteiger partial charge in [0.05, 0.1) is 0 Å². The van der Waals surface area contributed by atoms with Gasteiger partial charge in [0.15, 0.2) is 0 Å². The molecule has 2 nitrogen and oxygen atoms in total.